The van der Waals surface area contributed by atoms with Crippen molar-refractivity contribution in [3.63, 3.8) is 0 Å². The van der Waals surface area contributed by atoms with Gasteiger partial charge in [0.05, 0.1) is 0 Å². The highest BCUT2D eigenvalue weighted by atomic mass is 14.1. The molecule has 1 aromatic carbocycles. The molecule has 0 aliphatic heterocycles. The topological polar surface area (TPSA) is 0 Å². The maximum Gasteiger partial charge on any atom is -0.0130 e. The molecule has 0 saturated heterocycles. The van der Waals surface area contributed by atoms with Gasteiger partial charge in [-0.1, -0.05) is 78.8 Å². The van der Waals surface area contributed by atoms with Crippen LogP contribution in [0.25, 0.3) is 5.57 Å². The lowest BCUT2D eigenvalue weighted by Gasteiger charge is -2.13. The van der Waals surface area contributed by atoms with Crippen molar-refractivity contribution in [3.05, 3.63) is 77.4 Å². The van der Waals surface area contributed by atoms with Crippen LogP contribution in [0.2, 0.25) is 0 Å². The Morgan fingerprint density at radius 2 is 2.00 bits per heavy atom. The first kappa shape index (κ1) is 14.6. The van der Waals surface area contributed by atoms with E-state index in [1.807, 2.05) is 0 Å². The minimum atomic E-state index is 1.08. The van der Waals surface area contributed by atoms with Gasteiger partial charge in [0.2, 0.25) is 0 Å². The van der Waals surface area contributed by atoms with E-state index in [1.54, 1.807) is 5.57 Å². The summed E-state index contributed by atoms with van der Waals surface area (Å²) in [5.41, 5.74) is 5.69. The number of hydrogen-bond acceptors (Lipinski definition) is 0. The molecular weight excluding hydrogens is 240 g/mol. The zero-order valence-electron chi connectivity index (χ0n) is 12.6. The van der Waals surface area contributed by atoms with Gasteiger partial charge in [-0.2, -0.15) is 0 Å². The van der Waals surface area contributed by atoms with E-state index in [2.05, 4.69) is 74.6 Å². The van der Waals surface area contributed by atoms with Crippen LogP contribution < -0.4 is 0 Å². The van der Waals surface area contributed by atoms with Gasteiger partial charge >= 0.3 is 0 Å². The second-order valence-electron chi connectivity index (χ2n) is 5.20. The first-order chi connectivity index (χ1) is 9.83. The van der Waals surface area contributed by atoms with Crippen molar-refractivity contribution in [2.24, 2.45) is 0 Å². The summed E-state index contributed by atoms with van der Waals surface area (Å²) in [6.45, 7) is 4.30. The van der Waals surface area contributed by atoms with Crippen LogP contribution in [0.15, 0.2) is 71.9 Å². The second kappa shape index (κ2) is 7.69. The molecule has 0 fully saturated rings. The zero-order chi connectivity index (χ0) is 14.2. The Labute approximate surface area is 123 Å². The highest BCUT2D eigenvalue weighted by molar-refractivity contribution is 5.75. The molecule has 0 unspecified atom stereocenters. The summed E-state index contributed by atoms with van der Waals surface area (Å²) in [6.07, 6.45) is 16.0. The Morgan fingerprint density at radius 3 is 2.70 bits per heavy atom. The van der Waals surface area contributed by atoms with E-state index in [0.717, 1.165) is 19.3 Å². The summed E-state index contributed by atoms with van der Waals surface area (Å²) in [6, 6.07) is 10.7. The maximum atomic E-state index is 2.37. The van der Waals surface area contributed by atoms with Gasteiger partial charge in [0.15, 0.2) is 0 Å². The minimum absolute atomic E-state index is 1.08. The average Bonchev–Trinajstić information content (AvgIpc) is 2.52. The first-order valence-electron chi connectivity index (χ1n) is 7.60. The van der Waals surface area contributed by atoms with Crippen LogP contribution in [0, 0.1) is 0 Å². The van der Waals surface area contributed by atoms with E-state index in [0.29, 0.717) is 0 Å². The van der Waals surface area contributed by atoms with Crippen molar-refractivity contribution >= 4 is 5.57 Å². The normalized spacial score (nSPS) is 16.2. The summed E-state index contributed by atoms with van der Waals surface area (Å²) in [4.78, 5) is 0. The van der Waals surface area contributed by atoms with Crippen molar-refractivity contribution in [2.75, 3.05) is 0 Å². The molecule has 1 aliphatic carbocycles. The molecule has 0 amide bonds. The van der Waals surface area contributed by atoms with Crippen LogP contribution in [-0.2, 0) is 0 Å². The lowest BCUT2D eigenvalue weighted by Crippen LogP contribution is -1.92. The van der Waals surface area contributed by atoms with Gasteiger partial charge < -0.3 is 0 Å². The predicted molar refractivity (Wildman–Crippen MR) is 89.5 cm³/mol. The van der Waals surface area contributed by atoms with Crippen LogP contribution >= 0.6 is 0 Å². The molecule has 0 heteroatoms. The van der Waals surface area contributed by atoms with E-state index in [1.165, 1.54) is 23.1 Å². The summed E-state index contributed by atoms with van der Waals surface area (Å²) >= 11 is 0. The second-order valence-corrected chi connectivity index (χ2v) is 5.20. The number of benzene rings is 1. The molecule has 1 aliphatic rings. The molecule has 0 N–H and O–H groups in total. The van der Waals surface area contributed by atoms with Gasteiger partial charge in [-0.25, -0.2) is 0 Å². The van der Waals surface area contributed by atoms with Gasteiger partial charge in [0.1, 0.15) is 0 Å². The third-order valence-electron chi connectivity index (χ3n) is 3.71. The fraction of sp³-hybridized carbons (Fsp3) is 0.300. The lowest BCUT2D eigenvalue weighted by molar-refractivity contribution is 0.923. The number of allylic oxidation sites excluding steroid dienone is 8. The molecule has 0 heterocycles. The Balaban J connectivity index is 2.10. The molecular formula is C20H24. The van der Waals surface area contributed by atoms with Crippen LogP contribution in [-0.4, -0.2) is 0 Å². The monoisotopic (exact) mass is 264 g/mol. The van der Waals surface area contributed by atoms with Gasteiger partial charge in [-0.15, -0.1) is 0 Å². The third-order valence-corrected chi connectivity index (χ3v) is 3.71. The zero-order valence-corrected chi connectivity index (χ0v) is 12.6. The standard InChI is InChI=1S/C20H24/c1-3-9-17(4-2)14-15-18-10-8-13-20(16-18)19-11-6-5-7-12-19/h3,5-7,9,11-14,16H,4,8,10,15H2,1-2H3/b9-3+,17-14-. The molecule has 0 saturated carbocycles. The molecule has 0 nitrogen and oxygen atoms in total. The fourth-order valence-corrected chi connectivity index (χ4v) is 2.56. The molecule has 0 atom stereocenters. The predicted octanol–water partition coefficient (Wildman–Crippen LogP) is 6.09. The fourth-order valence-electron chi connectivity index (χ4n) is 2.56. The molecule has 0 bridgehead atoms. The molecule has 0 aromatic heterocycles. The van der Waals surface area contributed by atoms with E-state index in [4.69, 9.17) is 0 Å². The van der Waals surface area contributed by atoms with E-state index < -0.39 is 0 Å². The van der Waals surface area contributed by atoms with Crippen LogP contribution in [0.5, 0.6) is 0 Å². The Bertz CT molecular complexity index is 539. The lowest BCUT2D eigenvalue weighted by atomic mass is 9.92. The van der Waals surface area contributed by atoms with Gasteiger partial charge in [-0.3, -0.25) is 0 Å². The third kappa shape index (κ3) is 4.09. The largest absolute Gasteiger partial charge is 0.0874 e. The Kier molecular flexibility index (Phi) is 5.61. The number of rotatable bonds is 5. The highest BCUT2D eigenvalue weighted by Crippen LogP contribution is 2.27. The van der Waals surface area contributed by atoms with Crippen LogP contribution in [0.1, 0.15) is 45.1 Å². The van der Waals surface area contributed by atoms with E-state index in [9.17, 15) is 0 Å². The van der Waals surface area contributed by atoms with Crippen molar-refractivity contribution in [2.45, 2.75) is 39.5 Å². The molecule has 0 spiro atoms. The molecule has 20 heavy (non-hydrogen) atoms. The average molecular weight is 264 g/mol. The number of hydrogen-bond donors (Lipinski definition) is 0. The molecule has 0 radical (unpaired) electrons. The van der Waals surface area contributed by atoms with E-state index in [-0.39, 0.29) is 0 Å². The van der Waals surface area contributed by atoms with Crippen molar-refractivity contribution in [3.8, 4) is 0 Å². The molecule has 104 valence electrons. The van der Waals surface area contributed by atoms with Gasteiger partial charge in [-0.05, 0) is 43.7 Å². The van der Waals surface area contributed by atoms with Crippen LogP contribution in [0.3, 0.4) is 0 Å². The minimum Gasteiger partial charge on any atom is -0.0874 e. The highest BCUT2D eigenvalue weighted by Gasteiger charge is 2.06. The van der Waals surface area contributed by atoms with Crippen molar-refractivity contribution < 1.29 is 0 Å². The summed E-state index contributed by atoms with van der Waals surface area (Å²) in [5.74, 6) is 0. The first-order valence-corrected chi connectivity index (χ1v) is 7.60. The van der Waals surface area contributed by atoms with Crippen molar-refractivity contribution in [1.82, 2.24) is 0 Å². The SMILES string of the molecule is C/C=C/C(=C\CC1=CC(c2ccccc2)=CCC1)CC. The summed E-state index contributed by atoms with van der Waals surface area (Å²) in [5, 5.41) is 0. The summed E-state index contributed by atoms with van der Waals surface area (Å²) < 4.78 is 0. The maximum absolute atomic E-state index is 2.37. The Hall–Kier alpha value is -1.82. The van der Waals surface area contributed by atoms with Gasteiger partial charge in [0, 0.05) is 0 Å². The van der Waals surface area contributed by atoms with E-state index >= 15 is 0 Å². The van der Waals surface area contributed by atoms with Gasteiger partial charge in [0.25, 0.3) is 0 Å². The van der Waals surface area contributed by atoms with Crippen molar-refractivity contribution in [1.29, 1.82) is 0 Å². The summed E-state index contributed by atoms with van der Waals surface area (Å²) in [7, 11) is 0. The quantitative estimate of drug-likeness (QED) is 0.564. The Morgan fingerprint density at radius 1 is 1.20 bits per heavy atom. The van der Waals surface area contributed by atoms with Crippen LogP contribution in [0.4, 0.5) is 0 Å². The smallest absolute Gasteiger partial charge is 0.0130 e. The molecule has 1 aromatic rings. The molecule has 2 rings (SSSR count).